The Balaban J connectivity index is 0.00000145. The highest BCUT2D eigenvalue weighted by Crippen LogP contribution is 2.28. The third-order valence-corrected chi connectivity index (χ3v) is 8.03. The lowest BCUT2D eigenvalue weighted by atomic mass is 10.1. The molecule has 0 unspecified atom stereocenters. The van der Waals surface area contributed by atoms with Gasteiger partial charge in [0.25, 0.3) is 12.4 Å². The second kappa shape index (κ2) is 15.5. The fraction of sp³-hybridized carbons (Fsp3) is 0.344. The second-order valence-corrected chi connectivity index (χ2v) is 11.0. The Kier molecular flexibility index (Phi) is 11.0. The number of aryl methyl sites for hydroxylation is 1. The number of fused-ring (bicyclic) bond motifs is 1. The van der Waals surface area contributed by atoms with Crippen LogP contribution in [0.2, 0.25) is 0 Å². The van der Waals surface area contributed by atoms with Gasteiger partial charge in [-0.1, -0.05) is 0 Å². The first-order valence-corrected chi connectivity index (χ1v) is 15.2. The molecule has 254 valence electrons. The number of nitrogens with two attached hydrogens (primary N) is 1. The molecule has 0 radical (unpaired) electrons. The molecular formula is C32H36F2N8O6. The van der Waals surface area contributed by atoms with Crippen LogP contribution in [0.1, 0.15) is 15.9 Å². The van der Waals surface area contributed by atoms with Crippen molar-refractivity contribution in [2.24, 2.45) is 5.73 Å². The fourth-order valence-electron chi connectivity index (χ4n) is 5.65. The number of ether oxygens (including phenoxy) is 2. The molecule has 2 aromatic carbocycles. The molecule has 4 heterocycles. The summed E-state index contributed by atoms with van der Waals surface area (Å²) in [4.78, 5) is 49.1. The van der Waals surface area contributed by atoms with Gasteiger partial charge in [-0.3, -0.25) is 14.0 Å². The number of imidazole rings is 1. The highest BCUT2D eigenvalue weighted by molar-refractivity contribution is 5.96. The van der Waals surface area contributed by atoms with E-state index in [1.165, 1.54) is 12.1 Å². The van der Waals surface area contributed by atoms with Crippen LogP contribution in [0.15, 0.2) is 61.1 Å². The smallest absolute Gasteiger partial charge is 0.387 e. The quantitative estimate of drug-likeness (QED) is 0.249. The summed E-state index contributed by atoms with van der Waals surface area (Å²) in [6.07, 6.45) is 4.95. The van der Waals surface area contributed by atoms with Crippen molar-refractivity contribution in [2.75, 3.05) is 57.7 Å². The zero-order valence-corrected chi connectivity index (χ0v) is 26.2. The van der Waals surface area contributed by atoms with E-state index in [0.29, 0.717) is 69.4 Å². The third kappa shape index (κ3) is 7.78. The molecule has 0 spiro atoms. The van der Waals surface area contributed by atoms with Crippen LogP contribution < -0.4 is 15.8 Å². The molecule has 4 aromatic rings. The first kappa shape index (κ1) is 34.0. The van der Waals surface area contributed by atoms with Crippen LogP contribution in [-0.2, 0) is 9.53 Å². The lowest BCUT2D eigenvalue weighted by Crippen LogP contribution is -2.57. The number of alkyl halides is 2. The minimum Gasteiger partial charge on any atom is -0.483 e. The van der Waals surface area contributed by atoms with Gasteiger partial charge < -0.3 is 40.3 Å². The van der Waals surface area contributed by atoms with Crippen molar-refractivity contribution in [1.82, 2.24) is 29.1 Å². The number of rotatable bonds is 7. The van der Waals surface area contributed by atoms with Gasteiger partial charge in [-0.15, -0.1) is 0 Å². The first-order valence-electron chi connectivity index (χ1n) is 15.2. The number of nitrogens with one attached hydrogen (secondary N) is 1. The highest BCUT2D eigenvalue weighted by atomic mass is 19.3. The van der Waals surface area contributed by atoms with Gasteiger partial charge in [-0.2, -0.15) is 8.78 Å². The van der Waals surface area contributed by atoms with Crippen molar-refractivity contribution in [3.63, 3.8) is 0 Å². The highest BCUT2D eigenvalue weighted by Gasteiger charge is 2.31. The number of carbonyl (C=O) groups excluding carboxylic acids is 2. The van der Waals surface area contributed by atoms with Gasteiger partial charge in [0.2, 0.25) is 0 Å². The topological polar surface area (TPSA) is 168 Å². The van der Waals surface area contributed by atoms with Gasteiger partial charge in [-0.25, -0.2) is 14.8 Å². The summed E-state index contributed by atoms with van der Waals surface area (Å²) >= 11 is 0. The van der Waals surface area contributed by atoms with E-state index in [1.807, 2.05) is 23.5 Å². The van der Waals surface area contributed by atoms with E-state index >= 15 is 0 Å². The SMILES string of the molecule is Cc1cc(Nc2nccn3c(-c4ccc(OC(F)F)cc4)cnc23)ccc1C(=O)N1CCN(C(=O)N2CCO[C@@H](CN)C2)CC1.O=CO. The maximum atomic E-state index is 13.4. The van der Waals surface area contributed by atoms with Crippen molar-refractivity contribution < 1.29 is 37.7 Å². The molecule has 0 saturated carbocycles. The third-order valence-electron chi connectivity index (χ3n) is 8.03. The van der Waals surface area contributed by atoms with Gasteiger partial charge in [0.05, 0.1) is 24.6 Å². The minimum atomic E-state index is -2.89. The molecule has 3 amide bonds. The van der Waals surface area contributed by atoms with Gasteiger partial charge in [0.15, 0.2) is 11.5 Å². The van der Waals surface area contributed by atoms with E-state index in [0.717, 1.165) is 22.5 Å². The number of amides is 3. The number of hydrogen-bond acceptors (Lipinski definition) is 9. The lowest BCUT2D eigenvalue weighted by Gasteiger charge is -2.40. The Morgan fingerprint density at radius 2 is 1.79 bits per heavy atom. The Hall–Kier alpha value is -5.35. The lowest BCUT2D eigenvalue weighted by molar-refractivity contribution is -0.122. The summed E-state index contributed by atoms with van der Waals surface area (Å²) < 4.78 is 36.9. The predicted octanol–water partition coefficient (Wildman–Crippen LogP) is 3.29. The van der Waals surface area contributed by atoms with E-state index in [-0.39, 0.29) is 30.3 Å². The Morgan fingerprint density at radius 1 is 1.08 bits per heavy atom. The van der Waals surface area contributed by atoms with E-state index in [9.17, 15) is 18.4 Å². The molecular weight excluding hydrogens is 630 g/mol. The van der Waals surface area contributed by atoms with Crippen LogP contribution in [-0.4, -0.2) is 118 Å². The average Bonchev–Trinajstić information content (AvgIpc) is 3.53. The standard InChI is InChI=1S/C31H34F2N8O4.CH2O2/c1-20-16-22(37-27-28-36-18-26(41(28)9-8-35-27)21-2-5-23(6-3-21)45-30(32)33)4-7-25(20)29(42)38-10-12-39(13-11-38)31(43)40-14-15-44-24(17-34)19-40;2-1-3/h2-9,16,18,24,30H,10-15,17,19,34H2,1H3,(H,35,37);1H,(H,2,3)/t24-;/m0./s1. The van der Waals surface area contributed by atoms with Crippen LogP contribution in [0.25, 0.3) is 16.9 Å². The van der Waals surface area contributed by atoms with E-state index in [1.54, 1.807) is 51.5 Å². The first-order chi connectivity index (χ1) is 23.2. The number of morpholine rings is 1. The maximum Gasteiger partial charge on any atom is 0.387 e. The number of benzene rings is 2. The second-order valence-electron chi connectivity index (χ2n) is 11.0. The van der Waals surface area contributed by atoms with E-state index in [2.05, 4.69) is 20.0 Å². The van der Waals surface area contributed by atoms with Gasteiger partial charge in [0, 0.05) is 75.0 Å². The van der Waals surface area contributed by atoms with Gasteiger partial charge in [0.1, 0.15) is 5.75 Å². The molecule has 2 aliphatic rings. The summed E-state index contributed by atoms with van der Waals surface area (Å²) in [6, 6.07) is 11.8. The number of aromatic nitrogens is 3. The van der Waals surface area contributed by atoms with Crippen molar-refractivity contribution >= 4 is 35.6 Å². The fourth-order valence-corrected chi connectivity index (χ4v) is 5.65. The number of anilines is 2. The molecule has 1 atom stereocenters. The number of carbonyl (C=O) groups is 3. The predicted molar refractivity (Wildman–Crippen MR) is 171 cm³/mol. The van der Waals surface area contributed by atoms with Crippen molar-refractivity contribution in [3.8, 4) is 17.0 Å². The molecule has 2 aliphatic heterocycles. The van der Waals surface area contributed by atoms with Crippen molar-refractivity contribution in [1.29, 1.82) is 0 Å². The molecule has 2 aromatic heterocycles. The van der Waals surface area contributed by atoms with Gasteiger partial charge >= 0.3 is 12.6 Å². The maximum absolute atomic E-state index is 13.4. The Morgan fingerprint density at radius 3 is 2.46 bits per heavy atom. The van der Waals surface area contributed by atoms with E-state index in [4.69, 9.17) is 20.4 Å². The van der Waals surface area contributed by atoms with Crippen LogP contribution in [0.4, 0.5) is 25.1 Å². The van der Waals surface area contributed by atoms with Crippen LogP contribution >= 0.6 is 0 Å². The van der Waals surface area contributed by atoms with Gasteiger partial charge in [-0.05, 0) is 55.0 Å². The molecule has 48 heavy (non-hydrogen) atoms. The monoisotopic (exact) mass is 666 g/mol. The van der Waals surface area contributed by atoms with Crippen LogP contribution in [0, 0.1) is 6.92 Å². The van der Waals surface area contributed by atoms with Crippen LogP contribution in [0.3, 0.4) is 0 Å². The molecule has 14 nitrogen and oxygen atoms in total. The number of hydrogen-bond donors (Lipinski definition) is 3. The Bertz CT molecular complexity index is 1730. The normalized spacial score (nSPS) is 16.4. The summed E-state index contributed by atoms with van der Waals surface area (Å²) in [5.41, 5.74) is 9.93. The molecule has 0 bridgehead atoms. The molecule has 0 aliphatic carbocycles. The van der Waals surface area contributed by atoms with Crippen molar-refractivity contribution in [3.05, 3.63) is 72.2 Å². The number of nitrogens with zero attached hydrogens (tertiary/aromatic N) is 6. The number of carboxylic acid groups (broad SMARTS) is 1. The van der Waals surface area contributed by atoms with E-state index < -0.39 is 6.61 Å². The minimum absolute atomic E-state index is 0.0407. The Labute approximate surface area is 274 Å². The average molecular weight is 667 g/mol. The van der Waals surface area contributed by atoms with Crippen molar-refractivity contribution in [2.45, 2.75) is 19.6 Å². The van der Waals surface area contributed by atoms with Crippen LogP contribution in [0.5, 0.6) is 5.75 Å². The molecule has 16 heteroatoms. The summed E-state index contributed by atoms with van der Waals surface area (Å²) in [5, 5.41) is 10.2. The molecule has 2 fully saturated rings. The molecule has 2 saturated heterocycles. The summed E-state index contributed by atoms with van der Waals surface area (Å²) in [7, 11) is 0. The molecule has 6 rings (SSSR count). The number of urea groups is 1. The zero-order chi connectivity index (χ0) is 34.2. The summed E-state index contributed by atoms with van der Waals surface area (Å²) in [6.45, 7) is 2.43. The molecule has 4 N–H and O–H groups in total. The zero-order valence-electron chi connectivity index (χ0n) is 26.2. The number of piperazine rings is 1. The summed E-state index contributed by atoms with van der Waals surface area (Å²) in [5.74, 6) is 0.508. The largest absolute Gasteiger partial charge is 0.483 e. The number of halogens is 2.